The van der Waals surface area contributed by atoms with E-state index in [9.17, 15) is 9.59 Å². The molecular formula is C28H32N4O2. The van der Waals surface area contributed by atoms with Gasteiger partial charge in [0.05, 0.1) is 6.42 Å². The predicted octanol–water partition coefficient (Wildman–Crippen LogP) is 5.15. The first-order valence-corrected chi connectivity index (χ1v) is 11.7. The standard InChI is InChI=1S/C28H32N4O2/c1-20-6-4-8-23(18-20)19-27(33)32-16-14-31(15-17-32)25-12-10-24(11-13-25)29-28(34)30-26-9-5-7-21(2)22(26)3/h4-13,18H,14-17,19H2,1-3H3,(H2,29,30,34). The molecule has 176 valence electrons. The molecule has 1 heterocycles. The summed E-state index contributed by atoms with van der Waals surface area (Å²) in [5.41, 5.74) is 7.07. The minimum atomic E-state index is -0.262. The minimum absolute atomic E-state index is 0.180. The molecule has 6 nitrogen and oxygen atoms in total. The second-order valence-corrected chi connectivity index (χ2v) is 8.91. The van der Waals surface area contributed by atoms with E-state index in [0.29, 0.717) is 19.5 Å². The van der Waals surface area contributed by atoms with E-state index < -0.39 is 0 Å². The molecule has 3 aromatic rings. The summed E-state index contributed by atoms with van der Waals surface area (Å²) in [4.78, 5) is 29.3. The van der Waals surface area contributed by atoms with Gasteiger partial charge in [0.1, 0.15) is 0 Å². The average molecular weight is 457 g/mol. The lowest BCUT2D eigenvalue weighted by molar-refractivity contribution is -0.130. The van der Waals surface area contributed by atoms with Crippen molar-refractivity contribution in [3.8, 4) is 0 Å². The fourth-order valence-electron chi connectivity index (χ4n) is 4.25. The molecule has 4 rings (SSSR count). The lowest BCUT2D eigenvalue weighted by Gasteiger charge is -2.36. The zero-order valence-corrected chi connectivity index (χ0v) is 20.1. The molecule has 1 aliphatic heterocycles. The van der Waals surface area contributed by atoms with E-state index in [-0.39, 0.29) is 11.9 Å². The number of benzene rings is 3. The number of carbonyl (C=O) groups is 2. The summed E-state index contributed by atoms with van der Waals surface area (Å²) >= 11 is 0. The van der Waals surface area contributed by atoms with Crippen LogP contribution in [0.25, 0.3) is 0 Å². The molecule has 3 amide bonds. The fourth-order valence-corrected chi connectivity index (χ4v) is 4.25. The van der Waals surface area contributed by atoms with Gasteiger partial charge in [-0.05, 0) is 67.8 Å². The second-order valence-electron chi connectivity index (χ2n) is 8.91. The molecule has 0 saturated carbocycles. The predicted molar refractivity (Wildman–Crippen MR) is 139 cm³/mol. The van der Waals surface area contributed by atoms with Crippen LogP contribution in [-0.2, 0) is 11.2 Å². The molecule has 6 heteroatoms. The van der Waals surface area contributed by atoms with Crippen molar-refractivity contribution >= 4 is 29.0 Å². The van der Waals surface area contributed by atoms with Crippen LogP contribution in [0.4, 0.5) is 21.9 Å². The van der Waals surface area contributed by atoms with Crippen molar-refractivity contribution in [2.45, 2.75) is 27.2 Å². The zero-order valence-electron chi connectivity index (χ0n) is 20.1. The molecule has 1 fully saturated rings. The van der Waals surface area contributed by atoms with Crippen LogP contribution in [0.2, 0.25) is 0 Å². The largest absolute Gasteiger partial charge is 0.368 e. The molecule has 3 aromatic carbocycles. The smallest absolute Gasteiger partial charge is 0.323 e. The van der Waals surface area contributed by atoms with E-state index in [1.54, 1.807) is 0 Å². The number of piperazine rings is 1. The molecule has 0 radical (unpaired) electrons. The molecule has 0 aromatic heterocycles. The highest BCUT2D eigenvalue weighted by atomic mass is 16.2. The molecule has 0 unspecified atom stereocenters. The molecule has 2 N–H and O–H groups in total. The molecule has 0 atom stereocenters. The van der Waals surface area contributed by atoms with Crippen molar-refractivity contribution in [2.75, 3.05) is 41.7 Å². The molecule has 34 heavy (non-hydrogen) atoms. The van der Waals surface area contributed by atoms with E-state index >= 15 is 0 Å². The molecule has 0 aliphatic carbocycles. The van der Waals surface area contributed by atoms with Crippen LogP contribution in [0, 0.1) is 20.8 Å². The summed E-state index contributed by atoms with van der Waals surface area (Å²) in [7, 11) is 0. The van der Waals surface area contributed by atoms with Gasteiger partial charge in [0, 0.05) is 43.2 Å². The van der Waals surface area contributed by atoms with Crippen molar-refractivity contribution in [3.05, 3.63) is 89.0 Å². The Hall–Kier alpha value is -3.80. The Morgan fingerprint density at radius 2 is 1.53 bits per heavy atom. The highest BCUT2D eigenvalue weighted by molar-refractivity contribution is 6.00. The van der Waals surface area contributed by atoms with Gasteiger partial charge < -0.3 is 20.4 Å². The number of hydrogen-bond acceptors (Lipinski definition) is 3. The Labute approximate surface area is 201 Å². The van der Waals surface area contributed by atoms with E-state index in [0.717, 1.165) is 46.8 Å². The highest BCUT2D eigenvalue weighted by Crippen LogP contribution is 2.21. The first-order chi connectivity index (χ1) is 16.4. The molecular weight excluding hydrogens is 424 g/mol. The third kappa shape index (κ3) is 5.76. The highest BCUT2D eigenvalue weighted by Gasteiger charge is 2.21. The quantitative estimate of drug-likeness (QED) is 0.558. The lowest BCUT2D eigenvalue weighted by atomic mass is 10.1. The van der Waals surface area contributed by atoms with Gasteiger partial charge >= 0.3 is 6.03 Å². The van der Waals surface area contributed by atoms with Crippen LogP contribution in [0.1, 0.15) is 22.3 Å². The van der Waals surface area contributed by atoms with E-state index in [1.165, 1.54) is 5.56 Å². The Morgan fingerprint density at radius 1 is 0.824 bits per heavy atom. The number of nitrogens with one attached hydrogen (secondary N) is 2. The number of rotatable bonds is 5. The molecule has 0 spiro atoms. The summed E-state index contributed by atoms with van der Waals surface area (Å²) < 4.78 is 0. The normalized spacial score (nSPS) is 13.5. The summed E-state index contributed by atoms with van der Waals surface area (Å²) in [5, 5.41) is 5.81. The third-order valence-corrected chi connectivity index (χ3v) is 6.41. The number of nitrogens with zero attached hydrogens (tertiary/aromatic N) is 2. The van der Waals surface area contributed by atoms with Crippen molar-refractivity contribution in [1.82, 2.24) is 4.90 Å². The van der Waals surface area contributed by atoms with E-state index in [1.807, 2.05) is 86.3 Å². The van der Waals surface area contributed by atoms with Crippen molar-refractivity contribution in [2.24, 2.45) is 0 Å². The zero-order chi connectivity index (χ0) is 24.1. The molecule has 0 bridgehead atoms. The van der Waals surface area contributed by atoms with Crippen molar-refractivity contribution in [1.29, 1.82) is 0 Å². The monoisotopic (exact) mass is 456 g/mol. The van der Waals surface area contributed by atoms with Gasteiger partial charge in [0.2, 0.25) is 5.91 Å². The van der Waals surface area contributed by atoms with Gasteiger partial charge in [0.25, 0.3) is 0 Å². The molecule has 1 saturated heterocycles. The number of urea groups is 1. The van der Waals surface area contributed by atoms with Crippen LogP contribution >= 0.6 is 0 Å². The average Bonchev–Trinajstić information content (AvgIpc) is 2.83. The number of anilines is 3. The summed E-state index contributed by atoms with van der Waals surface area (Å²) in [5.74, 6) is 0.180. The van der Waals surface area contributed by atoms with Gasteiger partial charge in [-0.15, -0.1) is 0 Å². The van der Waals surface area contributed by atoms with Crippen LogP contribution in [-0.4, -0.2) is 43.0 Å². The van der Waals surface area contributed by atoms with Gasteiger partial charge in [-0.1, -0.05) is 42.0 Å². The summed E-state index contributed by atoms with van der Waals surface area (Å²) in [6.07, 6.45) is 0.451. The van der Waals surface area contributed by atoms with Crippen LogP contribution < -0.4 is 15.5 Å². The minimum Gasteiger partial charge on any atom is -0.368 e. The Bertz CT molecular complexity index is 1170. The van der Waals surface area contributed by atoms with Crippen molar-refractivity contribution < 1.29 is 9.59 Å². The van der Waals surface area contributed by atoms with Gasteiger partial charge in [-0.2, -0.15) is 0 Å². The van der Waals surface area contributed by atoms with Crippen LogP contribution in [0.5, 0.6) is 0 Å². The van der Waals surface area contributed by atoms with Crippen LogP contribution in [0.3, 0.4) is 0 Å². The van der Waals surface area contributed by atoms with Crippen molar-refractivity contribution in [3.63, 3.8) is 0 Å². The SMILES string of the molecule is Cc1cccc(CC(=O)N2CCN(c3ccc(NC(=O)Nc4cccc(C)c4C)cc3)CC2)c1. The third-order valence-electron chi connectivity index (χ3n) is 6.41. The second kappa shape index (κ2) is 10.4. The summed E-state index contributed by atoms with van der Waals surface area (Å²) in [6, 6.07) is 21.6. The fraction of sp³-hybridized carbons (Fsp3) is 0.286. The topological polar surface area (TPSA) is 64.7 Å². The maximum absolute atomic E-state index is 12.7. The first kappa shape index (κ1) is 23.4. The number of hydrogen-bond donors (Lipinski definition) is 2. The molecule has 1 aliphatic rings. The Kier molecular flexibility index (Phi) is 7.16. The maximum Gasteiger partial charge on any atom is 0.323 e. The number of amides is 3. The lowest BCUT2D eigenvalue weighted by Crippen LogP contribution is -2.49. The first-order valence-electron chi connectivity index (χ1n) is 11.7. The maximum atomic E-state index is 12.7. The van der Waals surface area contributed by atoms with Gasteiger partial charge in [-0.25, -0.2) is 4.79 Å². The van der Waals surface area contributed by atoms with Crippen LogP contribution in [0.15, 0.2) is 66.7 Å². The van der Waals surface area contributed by atoms with E-state index in [4.69, 9.17) is 0 Å². The van der Waals surface area contributed by atoms with Gasteiger partial charge in [-0.3, -0.25) is 4.79 Å². The summed E-state index contributed by atoms with van der Waals surface area (Å²) in [6.45, 7) is 9.07. The Balaban J connectivity index is 1.27. The van der Waals surface area contributed by atoms with E-state index in [2.05, 4.69) is 21.6 Å². The number of carbonyl (C=O) groups excluding carboxylic acids is 2. The number of aryl methyl sites for hydroxylation is 2. The Morgan fingerprint density at radius 3 is 2.24 bits per heavy atom. The van der Waals surface area contributed by atoms with Gasteiger partial charge in [0.15, 0.2) is 0 Å².